The number of nitrogens with one attached hydrogen (secondary N) is 1. The zero-order chi connectivity index (χ0) is 15.6. The van der Waals surface area contributed by atoms with Crippen molar-refractivity contribution >= 4 is 11.6 Å². The van der Waals surface area contributed by atoms with Crippen LogP contribution in [0.25, 0.3) is 0 Å². The van der Waals surface area contributed by atoms with Gasteiger partial charge in [-0.05, 0) is 67.8 Å². The van der Waals surface area contributed by atoms with Gasteiger partial charge in [0.25, 0.3) is 0 Å². The van der Waals surface area contributed by atoms with Gasteiger partial charge in [-0.15, -0.1) is 0 Å². The maximum Gasteiger partial charge on any atom is 0.123 e. The van der Waals surface area contributed by atoms with Crippen LogP contribution in [-0.4, -0.2) is 6.54 Å². The summed E-state index contributed by atoms with van der Waals surface area (Å²) < 4.78 is 13.6. The smallest absolute Gasteiger partial charge is 0.123 e. The third kappa shape index (κ3) is 3.45. The molecule has 2 aromatic rings. The minimum Gasteiger partial charge on any atom is -0.306 e. The van der Waals surface area contributed by atoms with Crippen LogP contribution in [0.1, 0.15) is 40.8 Å². The molecule has 0 fully saturated rings. The Hall–Kier alpha value is -1.38. The van der Waals surface area contributed by atoms with E-state index in [9.17, 15) is 4.39 Å². The molecule has 1 atom stereocenters. The van der Waals surface area contributed by atoms with Crippen molar-refractivity contribution in [2.45, 2.75) is 33.7 Å². The van der Waals surface area contributed by atoms with Crippen molar-refractivity contribution in [3.63, 3.8) is 0 Å². The second kappa shape index (κ2) is 6.59. The van der Waals surface area contributed by atoms with Crippen LogP contribution in [-0.2, 0) is 0 Å². The molecule has 0 saturated heterocycles. The fourth-order valence-corrected chi connectivity index (χ4v) is 3.18. The molecule has 0 aromatic heterocycles. The summed E-state index contributed by atoms with van der Waals surface area (Å²) in [6, 6.07) is 8.74. The summed E-state index contributed by atoms with van der Waals surface area (Å²) in [6.45, 7) is 9.09. The Morgan fingerprint density at radius 1 is 1.10 bits per heavy atom. The molecular weight excluding hydrogens is 285 g/mol. The molecule has 1 N–H and O–H groups in total. The van der Waals surface area contributed by atoms with Crippen LogP contribution < -0.4 is 5.32 Å². The third-order valence-electron chi connectivity index (χ3n) is 3.70. The lowest BCUT2D eigenvalue weighted by atomic mass is 9.90. The van der Waals surface area contributed by atoms with E-state index < -0.39 is 0 Å². The third-order valence-corrected chi connectivity index (χ3v) is 4.05. The molecule has 0 amide bonds. The zero-order valence-corrected chi connectivity index (χ0v) is 13.7. The lowest BCUT2D eigenvalue weighted by molar-refractivity contribution is 0.600. The summed E-state index contributed by atoms with van der Waals surface area (Å²) in [6.07, 6.45) is 0. The van der Waals surface area contributed by atoms with E-state index in [-0.39, 0.29) is 11.9 Å². The van der Waals surface area contributed by atoms with Gasteiger partial charge in [-0.2, -0.15) is 0 Å². The van der Waals surface area contributed by atoms with Crippen molar-refractivity contribution < 1.29 is 4.39 Å². The van der Waals surface area contributed by atoms with Crippen molar-refractivity contribution in [2.75, 3.05) is 6.54 Å². The largest absolute Gasteiger partial charge is 0.306 e. The first kappa shape index (κ1) is 16.0. The summed E-state index contributed by atoms with van der Waals surface area (Å²) in [5.41, 5.74) is 5.58. The zero-order valence-electron chi connectivity index (χ0n) is 12.9. The first-order chi connectivity index (χ1) is 9.93. The predicted molar refractivity (Wildman–Crippen MR) is 87.6 cm³/mol. The fraction of sp³-hybridized carbons (Fsp3) is 0.333. The first-order valence-corrected chi connectivity index (χ1v) is 7.58. The van der Waals surface area contributed by atoms with E-state index in [0.717, 1.165) is 12.1 Å². The summed E-state index contributed by atoms with van der Waals surface area (Å²) in [7, 11) is 0. The van der Waals surface area contributed by atoms with Crippen LogP contribution in [0.15, 0.2) is 30.3 Å². The minimum atomic E-state index is -0.264. The quantitative estimate of drug-likeness (QED) is 0.828. The molecule has 3 heteroatoms. The van der Waals surface area contributed by atoms with Gasteiger partial charge in [0.1, 0.15) is 5.82 Å². The highest BCUT2D eigenvalue weighted by Gasteiger charge is 2.20. The first-order valence-electron chi connectivity index (χ1n) is 7.20. The van der Waals surface area contributed by atoms with Gasteiger partial charge in [0.2, 0.25) is 0 Å². The van der Waals surface area contributed by atoms with Gasteiger partial charge in [-0.25, -0.2) is 4.39 Å². The van der Waals surface area contributed by atoms with Gasteiger partial charge < -0.3 is 5.32 Å². The maximum atomic E-state index is 13.6. The molecule has 0 bridgehead atoms. The number of rotatable bonds is 4. The Labute approximate surface area is 131 Å². The van der Waals surface area contributed by atoms with Crippen molar-refractivity contribution in [2.24, 2.45) is 0 Å². The van der Waals surface area contributed by atoms with Gasteiger partial charge >= 0.3 is 0 Å². The fourth-order valence-electron chi connectivity index (χ4n) is 2.95. The Kier molecular flexibility index (Phi) is 5.02. The maximum absolute atomic E-state index is 13.6. The molecule has 0 heterocycles. The molecule has 0 aliphatic heterocycles. The van der Waals surface area contributed by atoms with E-state index in [1.165, 1.54) is 34.4 Å². The molecule has 0 aliphatic carbocycles. The van der Waals surface area contributed by atoms with Crippen LogP contribution in [0, 0.1) is 26.6 Å². The van der Waals surface area contributed by atoms with Crippen LogP contribution in [0.4, 0.5) is 4.39 Å². The Balaban J connectivity index is 2.61. The molecule has 0 radical (unpaired) electrons. The van der Waals surface area contributed by atoms with Crippen LogP contribution >= 0.6 is 11.6 Å². The van der Waals surface area contributed by atoms with Crippen LogP contribution in [0.2, 0.25) is 5.02 Å². The van der Waals surface area contributed by atoms with Crippen molar-refractivity contribution in [1.82, 2.24) is 5.32 Å². The van der Waals surface area contributed by atoms with Crippen molar-refractivity contribution in [3.05, 3.63) is 69.0 Å². The lowest BCUT2D eigenvalue weighted by Gasteiger charge is -2.24. The van der Waals surface area contributed by atoms with Gasteiger partial charge in [0.05, 0.1) is 6.04 Å². The summed E-state index contributed by atoms with van der Waals surface area (Å²) in [4.78, 5) is 0. The minimum absolute atomic E-state index is 0.0983. The number of halogens is 2. The second-order valence-electron chi connectivity index (χ2n) is 5.47. The summed E-state index contributed by atoms with van der Waals surface area (Å²) in [5.74, 6) is -0.264. The normalized spacial score (nSPS) is 12.5. The molecule has 0 aliphatic rings. The Morgan fingerprint density at radius 3 is 2.29 bits per heavy atom. The molecule has 112 valence electrons. The highest BCUT2D eigenvalue weighted by molar-refractivity contribution is 6.31. The molecule has 2 aromatic carbocycles. The number of benzene rings is 2. The standard InChI is InChI=1S/C18H21ClFN/c1-5-21-18(15-10-14(20)6-7-16(15)19)17-12(3)8-11(2)9-13(17)4/h6-10,18,21H,5H2,1-4H3. The summed E-state index contributed by atoms with van der Waals surface area (Å²) in [5, 5.41) is 4.02. The average molecular weight is 306 g/mol. The highest BCUT2D eigenvalue weighted by atomic mass is 35.5. The summed E-state index contributed by atoms with van der Waals surface area (Å²) >= 11 is 6.31. The van der Waals surface area contributed by atoms with E-state index in [4.69, 9.17) is 11.6 Å². The van der Waals surface area contributed by atoms with E-state index in [1.807, 2.05) is 6.92 Å². The molecule has 21 heavy (non-hydrogen) atoms. The van der Waals surface area contributed by atoms with Crippen molar-refractivity contribution in [1.29, 1.82) is 0 Å². The van der Waals surface area contributed by atoms with Crippen LogP contribution in [0.3, 0.4) is 0 Å². The molecule has 0 saturated carbocycles. The Morgan fingerprint density at radius 2 is 1.71 bits per heavy atom. The molecule has 2 rings (SSSR count). The highest BCUT2D eigenvalue weighted by Crippen LogP contribution is 2.33. The Bertz CT molecular complexity index is 629. The predicted octanol–water partition coefficient (Wildman–Crippen LogP) is 5.10. The van der Waals surface area contributed by atoms with Gasteiger partial charge in [-0.1, -0.05) is 36.2 Å². The number of aryl methyl sites for hydroxylation is 3. The topological polar surface area (TPSA) is 12.0 Å². The van der Waals surface area contributed by atoms with E-state index in [0.29, 0.717) is 5.02 Å². The van der Waals surface area contributed by atoms with Gasteiger partial charge in [-0.3, -0.25) is 0 Å². The van der Waals surface area contributed by atoms with Gasteiger partial charge in [0.15, 0.2) is 0 Å². The average Bonchev–Trinajstić information content (AvgIpc) is 2.39. The molecular formula is C18H21ClFN. The number of hydrogen-bond acceptors (Lipinski definition) is 1. The monoisotopic (exact) mass is 305 g/mol. The van der Waals surface area contributed by atoms with E-state index >= 15 is 0 Å². The molecule has 1 nitrogen and oxygen atoms in total. The van der Waals surface area contributed by atoms with E-state index in [1.54, 1.807) is 6.07 Å². The van der Waals surface area contributed by atoms with Crippen LogP contribution in [0.5, 0.6) is 0 Å². The van der Waals surface area contributed by atoms with Crippen molar-refractivity contribution in [3.8, 4) is 0 Å². The lowest BCUT2D eigenvalue weighted by Crippen LogP contribution is -2.24. The second-order valence-corrected chi connectivity index (χ2v) is 5.88. The van der Waals surface area contributed by atoms with Gasteiger partial charge in [0, 0.05) is 5.02 Å². The van der Waals surface area contributed by atoms with E-state index in [2.05, 4.69) is 38.2 Å². The molecule has 0 spiro atoms. The SMILES string of the molecule is CCNC(c1cc(F)ccc1Cl)c1c(C)cc(C)cc1C. The molecule has 1 unspecified atom stereocenters. The number of hydrogen-bond donors (Lipinski definition) is 1.